The first-order chi connectivity index (χ1) is 10.4. The van der Waals surface area contributed by atoms with Gasteiger partial charge in [0.1, 0.15) is 0 Å². The molecule has 1 heterocycles. The number of benzene rings is 1. The van der Waals surface area contributed by atoms with Crippen LogP contribution in [0.4, 0.5) is 0 Å². The van der Waals surface area contributed by atoms with Crippen molar-refractivity contribution in [1.82, 2.24) is 5.32 Å². The minimum absolute atomic E-state index is 0.533. The predicted octanol–water partition coefficient (Wildman–Crippen LogP) is 5.20. The van der Waals surface area contributed by atoms with Gasteiger partial charge in [-0.2, -0.15) is 11.3 Å². The van der Waals surface area contributed by atoms with Crippen molar-refractivity contribution in [3.05, 3.63) is 58.3 Å². The largest absolute Gasteiger partial charge is 0.309 e. The standard InChI is InChI=1S/C19H25NS/c1-3-7-17(8-4-1)19(18-9-5-2-6-10-18)20-13-11-16-12-14-21-15-16/h1,3-4,7-8,12,14-15,18-20H,2,5-6,9-11,13H2. The molecule has 1 atom stereocenters. The van der Waals surface area contributed by atoms with Gasteiger partial charge < -0.3 is 5.32 Å². The first-order valence-corrected chi connectivity index (χ1v) is 9.17. The first-order valence-electron chi connectivity index (χ1n) is 8.23. The second-order valence-electron chi connectivity index (χ2n) is 6.12. The molecule has 1 N–H and O–H groups in total. The van der Waals surface area contributed by atoms with E-state index in [2.05, 4.69) is 52.5 Å². The van der Waals surface area contributed by atoms with E-state index in [-0.39, 0.29) is 0 Å². The van der Waals surface area contributed by atoms with Gasteiger partial charge in [-0.25, -0.2) is 0 Å². The molecule has 112 valence electrons. The highest BCUT2D eigenvalue weighted by Gasteiger charge is 2.24. The molecule has 2 heteroatoms. The van der Waals surface area contributed by atoms with Crippen LogP contribution in [-0.4, -0.2) is 6.54 Å². The molecule has 0 aliphatic heterocycles. The topological polar surface area (TPSA) is 12.0 Å². The Labute approximate surface area is 132 Å². The Morgan fingerprint density at radius 3 is 2.57 bits per heavy atom. The molecule has 1 aromatic carbocycles. The van der Waals surface area contributed by atoms with Gasteiger partial charge in [-0.05, 0) is 59.7 Å². The van der Waals surface area contributed by atoms with E-state index in [0.29, 0.717) is 6.04 Å². The molecule has 0 radical (unpaired) electrons. The fourth-order valence-corrected chi connectivity index (χ4v) is 4.19. The summed E-state index contributed by atoms with van der Waals surface area (Å²) in [5, 5.41) is 8.28. The lowest BCUT2D eigenvalue weighted by atomic mass is 9.81. The molecule has 0 saturated heterocycles. The summed E-state index contributed by atoms with van der Waals surface area (Å²) in [5.74, 6) is 0.809. The number of hydrogen-bond donors (Lipinski definition) is 1. The van der Waals surface area contributed by atoms with Crippen LogP contribution in [0.25, 0.3) is 0 Å². The van der Waals surface area contributed by atoms with Crippen LogP contribution in [-0.2, 0) is 6.42 Å². The highest BCUT2D eigenvalue weighted by molar-refractivity contribution is 7.07. The summed E-state index contributed by atoms with van der Waals surface area (Å²) in [5.41, 5.74) is 2.93. The number of rotatable bonds is 6. The van der Waals surface area contributed by atoms with Gasteiger partial charge in [0.2, 0.25) is 0 Å². The maximum Gasteiger partial charge on any atom is 0.0348 e. The number of hydrogen-bond acceptors (Lipinski definition) is 2. The maximum absolute atomic E-state index is 3.85. The molecular weight excluding hydrogens is 274 g/mol. The third-order valence-corrected chi connectivity index (χ3v) is 5.37. The van der Waals surface area contributed by atoms with Crippen LogP contribution in [0.1, 0.15) is 49.3 Å². The third kappa shape index (κ3) is 4.18. The van der Waals surface area contributed by atoms with Gasteiger partial charge in [-0.1, -0.05) is 49.6 Å². The van der Waals surface area contributed by atoms with Crippen molar-refractivity contribution < 1.29 is 0 Å². The van der Waals surface area contributed by atoms with Crippen molar-refractivity contribution in [2.75, 3.05) is 6.54 Å². The number of nitrogens with one attached hydrogen (secondary N) is 1. The Balaban J connectivity index is 1.63. The highest BCUT2D eigenvalue weighted by atomic mass is 32.1. The van der Waals surface area contributed by atoms with Crippen molar-refractivity contribution in [2.24, 2.45) is 5.92 Å². The van der Waals surface area contributed by atoms with Crippen molar-refractivity contribution in [3.8, 4) is 0 Å². The molecule has 3 rings (SSSR count). The quantitative estimate of drug-likeness (QED) is 0.773. The van der Waals surface area contributed by atoms with Crippen LogP contribution in [0.15, 0.2) is 47.2 Å². The summed E-state index contributed by atoms with van der Waals surface area (Å²) < 4.78 is 0. The van der Waals surface area contributed by atoms with E-state index < -0.39 is 0 Å². The molecule has 1 unspecified atom stereocenters. The molecule has 1 saturated carbocycles. The molecule has 2 aromatic rings. The SMILES string of the molecule is c1ccc(C(NCCc2ccsc2)C2CCCCC2)cc1. The van der Waals surface area contributed by atoms with Crippen LogP contribution in [0.3, 0.4) is 0 Å². The van der Waals surface area contributed by atoms with Crippen molar-refractivity contribution >= 4 is 11.3 Å². The Bertz CT molecular complexity index is 500. The molecule has 1 aromatic heterocycles. The average molecular weight is 299 g/mol. The molecule has 1 aliphatic carbocycles. The first kappa shape index (κ1) is 14.8. The van der Waals surface area contributed by atoms with E-state index in [4.69, 9.17) is 0 Å². The molecule has 1 aliphatic rings. The number of thiophene rings is 1. The Morgan fingerprint density at radius 2 is 1.86 bits per heavy atom. The normalized spacial score (nSPS) is 17.7. The summed E-state index contributed by atoms with van der Waals surface area (Å²) in [6.45, 7) is 1.08. The van der Waals surface area contributed by atoms with E-state index >= 15 is 0 Å². The zero-order valence-electron chi connectivity index (χ0n) is 12.6. The van der Waals surface area contributed by atoms with Crippen LogP contribution in [0.2, 0.25) is 0 Å². The third-order valence-electron chi connectivity index (χ3n) is 4.64. The smallest absolute Gasteiger partial charge is 0.0348 e. The highest BCUT2D eigenvalue weighted by Crippen LogP contribution is 2.34. The second-order valence-corrected chi connectivity index (χ2v) is 6.90. The zero-order chi connectivity index (χ0) is 14.3. The van der Waals surface area contributed by atoms with E-state index in [1.807, 2.05) is 0 Å². The van der Waals surface area contributed by atoms with Gasteiger partial charge in [0.15, 0.2) is 0 Å². The summed E-state index contributed by atoms with van der Waals surface area (Å²) in [7, 11) is 0. The monoisotopic (exact) mass is 299 g/mol. The summed E-state index contributed by atoms with van der Waals surface area (Å²) >= 11 is 1.80. The minimum Gasteiger partial charge on any atom is -0.309 e. The van der Waals surface area contributed by atoms with Gasteiger partial charge >= 0.3 is 0 Å². The van der Waals surface area contributed by atoms with E-state index in [1.165, 1.54) is 43.2 Å². The Morgan fingerprint density at radius 1 is 1.05 bits per heavy atom. The van der Waals surface area contributed by atoms with Crippen molar-refractivity contribution in [2.45, 2.75) is 44.6 Å². The predicted molar refractivity (Wildman–Crippen MR) is 91.8 cm³/mol. The van der Waals surface area contributed by atoms with Crippen LogP contribution < -0.4 is 5.32 Å². The van der Waals surface area contributed by atoms with Gasteiger partial charge in [-0.3, -0.25) is 0 Å². The lowest BCUT2D eigenvalue weighted by Crippen LogP contribution is -2.31. The molecule has 1 fully saturated rings. The molecule has 0 spiro atoms. The van der Waals surface area contributed by atoms with Crippen LogP contribution in [0, 0.1) is 5.92 Å². The van der Waals surface area contributed by atoms with Crippen LogP contribution >= 0.6 is 11.3 Å². The van der Waals surface area contributed by atoms with Gasteiger partial charge in [0.25, 0.3) is 0 Å². The molecule has 1 nitrogen and oxygen atoms in total. The van der Waals surface area contributed by atoms with E-state index in [9.17, 15) is 0 Å². The summed E-state index contributed by atoms with van der Waals surface area (Å²) in [4.78, 5) is 0. The maximum atomic E-state index is 3.85. The minimum atomic E-state index is 0.533. The van der Waals surface area contributed by atoms with E-state index in [1.54, 1.807) is 11.3 Å². The van der Waals surface area contributed by atoms with Crippen molar-refractivity contribution in [3.63, 3.8) is 0 Å². The Kier molecular flexibility index (Phi) is 5.47. The van der Waals surface area contributed by atoms with Gasteiger partial charge in [0.05, 0.1) is 0 Å². The summed E-state index contributed by atoms with van der Waals surface area (Å²) in [6, 6.07) is 13.8. The fourth-order valence-electron chi connectivity index (χ4n) is 3.49. The summed E-state index contributed by atoms with van der Waals surface area (Å²) in [6.07, 6.45) is 8.13. The van der Waals surface area contributed by atoms with Crippen LogP contribution in [0.5, 0.6) is 0 Å². The second kappa shape index (κ2) is 7.77. The zero-order valence-corrected chi connectivity index (χ0v) is 13.4. The van der Waals surface area contributed by atoms with Gasteiger partial charge in [-0.15, -0.1) is 0 Å². The van der Waals surface area contributed by atoms with E-state index in [0.717, 1.165) is 18.9 Å². The molecule has 21 heavy (non-hydrogen) atoms. The van der Waals surface area contributed by atoms with Crippen molar-refractivity contribution in [1.29, 1.82) is 0 Å². The Hall–Kier alpha value is -1.12. The fraction of sp³-hybridized carbons (Fsp3) is 0.474. The molecule has 0 bridgehead atoms. The molecular formula is C19H25NS. The van der Waals surface area contributed by atoms with Gasteiger partial charge in [0, 0.05) is 6.04 Å². The lowest BCUT2D eigenvalue weighted by molar-refractivity contribution is 0.272. The lowest BCUT2D eigenvalue weighted by Gasteiger charge is -2.31. The molecule has 0 amide bonds. The average Bonchev–Trinajstić information content (AvgIpc) is 3.07.